The second kappa shape index (κ2) is 8.55. The van der Waals surface area contributed by atoms with E-state index in [1.165, 1.54) is 31.7 Å². The number of carbonyl (C=O) groups excluding carboxylic acids is 1. The van der Waals surface area contributed by atoms with E-state index < -0.39 is 32.5 Å². The third kappa shape index (κ3) is 4.87. The lowest BCUT2D eigenvalue weighted by Gasteiger charge is -2.30. The average Bonchev–Trinajstić information content (AvgIpc) is 3.67. The Kier molecular flexibility index (Phi) is 6.20. The molecule has 3 saturated carbocycles. The molecule has 1 aromatic heterocycles. The molecule has 0 saturated heterocycles. The number of ether oxygens (including phenoxy) is 1. The zero-order chi connectivity index (χ0) is 22.6. The van der Waals surface area contributed by atoms with Gasteiger partial charge in [0.2, 0.25) is 5.95 Å². The van der Waals surface area contributed by atoms with Crippen molar-refractivity contribution in [3.63, 3.8) is 0 Å². The van der Waals surface area contributed by atoms with Gasteiger partial charge in [0.05, 0.1) is 0 Å². The van der Waals surface area contributed by atoms with E-state index in [-0.39, 0.29) is 7.43 Å². The maximum absolute atomic E-state index is 13.4. The van der Waals surface area contributed by atoms with Crippen molar-refractivity contribution >= 4 is 27.5 Å². The number of rotatable bonds is 6. The topological polar surface area (TPSA) is 85.4 Å². The second-order valence-corrected chi connectivity index (χ2v) is 11.4. The summed E-state index contributed by atoms with van der Waals surface area (Å²) in [5.74, 6) is -0.868. The Morgan fingerprint density at radius 3 is 2.39 bits per heavy atom. The van der Waals surface area contributed by atoms with Crippen LogP contribution in [-0.2, 0) is 14.8 Å². The fraction of sp³-hybridized carbons (Fsp3) is 0.500. The third-order valence-corrected chi connectivity index (χ3v) is 8.50. The van der Waals surface area contributed by atoms with E-state index in [1.54, 1.807) is 6.07 Å². The SMILES string of the molecule is C.O=C(NS(=O)(=O)c1cccc(F)n1)C1(Oc2cc(Cl)ccc2C2CCC3(CC2)CC3)CC1. The van der Waals surface area contributed by atoms with Gasteiger partial charge in [-0.25, -0.2) is 9.71 Å². The highest BCUT2D eigenvalue weighted by Crippen LogP contribution is 2.59. The van der Waals surface area contributed by atoms with Gasteiger partial charge in [0, 0.05) is 17.9 Å². The van der Waals surface area contributed by atoms with Gasteiger partial charge in [-0.15, -0.1) is 0 Å². The maximum atomic E-state index is 13.4. The number of nitrogens with one attached hydrogen (secondary N) is 1. The minimum absolute atomic E-state index is 0. The maximum Gasteiger partial charge on any atom is 0.281 e. The molecule has 3 aliphatic carbocycles. The molecule has 5 rings (SSSR count). The fourth-order valence-electron chi connectivity index (χ4n) is 4.66. The molecule has 0 radical (unpaired) electrons. The van der Waals surface area contributed by atoms with Crippen molar-refractivity contribution < 1.29 is 22.3 Å². The summed E-state index contributed by atoms with van der Waals surface area (Å²) in [6.07, 6.45) is 7.93. The van der Waals surface area contributed by atoms with Gasteiger partial charge in [0.1, 0.15) is 5.75 Å². The Morgan fingerprint density at radius 1 is 1.09 bits per heavy atom. The monoisotopic (exact) mass is 494 g/mol. The number of aromatic nitrogens is 1. The Bertz CT molecular complexity index is 1170. The number of amides is 1. The molecule has 178 valence electrons. The molecule has 6 nitrogen and oxygen atoms in total. The summed E-state index contributed by atoms with van der Waals surface area (Å²) >= 11 is 6.22. The molecular weight excluding hydrogens is 467 g/mol. The highest BCUT2D eigenvalue weighted by Gasteiger charge is 2.55. The summed E-state index contributed by atoms with van der Waals surface area (Å²) < 4.78 is 46.6. The van der Waals surface area contributed by atoms with Gasteiger partial charge in [-0.1, -0.05) is 31.2 Å². The summed E-state index contributed by atoms with van der Waals surface area (Å²) in [6.45, 7) is 0. The number of hydrogen-bond acceptors (Lipinski definition) is 5. The highest BCUT2D eigenvalue weighted by molar-refractivity contribution is 7.90. The van der Waals surface area contributed by atoms with Crippen molar-refractivity contribution in [3.05, 3.63) is 52.9 Å². The van der Waals surface area contributed by atoms with Crippen molar-refractivity contribution in [2.45, 2.75) is 75.3 Å². The molecule has 1 heterocycles. The number of benzene rings is 1. The summed E-state index contributed by atoms with van der Waals surface area (Å²) in [7, 11) is -4.32. The first-order valence-corrected chi connectivity index (χ1v) is 12.7. The molecule has 1 spiro atoms. The van der Waals surface area contributed by atoms with Crippen LogP contribution in [0.15, 0.2) is 41.4 Å². The number of sulfonamides is 1. The van der Waals surface area contributed by atoms with E-state index in [0.717, 1.165) is 30.5 Å². The van der Waals surface area contributed by atoms with Crippen LogP contribution in [0.5, 0.6) is 5.75 Å². The molecule has 1 amide bonds. The predicted molar refractivity (Wildman–Crippen MR) is 123 cm³/mol. The van der Waals surface area contributed by atoms with Gasteiger partial charge < -0.3 is 4.74 Å². The molecule has 0 bridgehead atoms. The van der Waals surface area contributed by atoms with Crippen LogP contribution in [0.2, 0.25) is 5.02 Å². The van der Waals surface area contributed by atoms with Crippen molar-refractivity contribution in [2.24, 2.45) is 5.41 Å². The van der Waals surface area contributed by atoms with E-state index in [9.17, 15) is 17.6 Å². The van der Waals surface area contributed by atoms with Gasteiger partial charge in [-0.3, -0.25) is 4.79 Å². The molecule has 0 aliphatic heterocycles. The quantitative estimate of drug-likeness (QED) is 0.546. The smallest absolute Gasteiger partial charge is 0.281 e. The molecule has 9 heteroatoms. The van der Waals surface area contributed by atoms with E-state index >= 15 is 0 Å². The molecule has 1 N–H and O–H groups in total. The van der Waals surface area contributed by atoms with E-state index in [2.05, 4.69) is 4.98 Å². The molecular formula is C24H28ClFN2O4S. The van der Waals surface area contributed by atoms with Crippen molar-refractivity contribution in [1.29, 1.82) is 0 Å². The highest BCUT2D eigenvalue weighted by atomic mass is 35.5. The third-order valence-electron chi connectivity index (χ3n) is 7.03. The van der Waals surface area contributed by atoms with Crippen LogP contribution >= 0.6 is 11.6 Å². The standard InChI is InChI=1S/C23H24ClFN2O4S.CH4/c24-16-4-5-17(15-6-8-22(9-7-15)10-11-22)18(14-16)31-23(12-13-23)21(28)27-32(29,30)20-3-1-2-19(25)26-20;/h1-5,14-15H,6-13H2,(H,27,28);1H4. The first kappa shape index (κ1) is 24.0. The Morgan fingerprint density at radius 2 is 1.79 bits per heavy atom. The van der Waals surface area contributed by atoms with Crippen LogP contribution in [-0.4, -0.2) is 24.9 Å². The van der Waals surface area contributed by atoms with Gasteiger partial charge >= 0.3 is 0 Å². The number of hydrogen-bond donors (Lipinski definition) is 1. The molecule has 3 fully saturated rings. The molecule has 3 aliphatic rings. The van der Waals surface area contributed by atoms with Crippen LogP contribution in [0, 0.1) is 11.4 Å². The molecule has 0 atom stereocenters. The molecule has 1 aromatic carbocycles. The number of pyridine rings is 1. The minimum Gasteiger partial charge on any atom is -0.477 e. The number of nitrogens with zero attached hydrogens (tertiary/aromatic N) is 1. The molecule has 2 aromatic rings. The lowest BCUT2D eigenvalue weighted by Crippen LogP contribution is -2.43. The van der Waals surface area contributed by atoms with Crippen LogP contribution in [0.1, 0.15) is 70.3 Å². The lowest BCUT2D eigenvalue weighted by atomic mass is 9.76. The van der Waals surface area contributed by atoms with Crippen LogP contribution in [0.4, 0.5) is 4.39 Å². The van der Waals surface area contributed by atoms with Gasteiger partial charge in [-0.2, -0.15) is 12.8 Å². The Balaban J connectivity index is 0.00000259. The zero-order valence-corrected chi connectivity index (χ0v) is 19.0. The van der Waals surface area contributed by atoms with Crippen molar-refractivity contribution in [1.82, 2.24) is 9.71 Å². The van der Waals surface area contributed by atoms with E-state index in [1.807, 2.05) is 16.9 Å². The first-order valence-electron chi connectivity index (χ1n) is 10.9. The Labute approximate surface area is 198 Å². The summed E-state index contributed by atoms with van der Waals surface area (Å²) in [5.41, 5.74) is 0.284. The number of halogens is 2. The normalized spacial score (nSPS) is 20.5. The van der Waals surface area contributed by atoms with E-state index in [0.29, 0.717) is 34.9 Å². The molecule has 33 heavy (non-hydrogen) atoms. The van der Waals surface area contributed by atoms with Crippen LogP contribution in [0.3, 0.4) is 0 Å². The Hall–Kier alpha value is -2.19. The van der Waals surface area contributed by atoms with Gasteiger partial charge in [0.15, 0.2) is 10.6 Å². The number of carbonyl (C=O) groups is 1. The molecule has 0 unspecified atom stereocenters. The largest absolute Gasteiger partial charge is 0.477 e. The van der Waals surface area contributed by atoms with Crippen LogP contribution in [0.25, 0.3) is 0 Å². The first-order chi connectivity index (χ1) is 15.2. The lowest BCUT2D eigenvalue weighted by molar-refractivity contribution is -0.128. The van der Waals surface area contributed by atoms with Crippen LogP contribution < -0.4 is 9.46 Å². The fourth-order valence-corrected chi connectivity index (χ4v) is 5.82. The van der Waals surface area contributed by atoms with Crippen molar-refractivity contribution in [2.75, 3.05) is 0 Å². The second-order valence-electron chi connectivity index (χ2n) is 9.29. The average molecular weight is 495 g/mol. The summed E-state index contributed by atoms with van der Waals surface area (Å²) in [6, 6.07) is 8.86. The van der Waals surface area contributed by atoms with Crippen molar-refractivity contribution in [3.8, 4) is 5.75 Å². The zero-order valence-electron chi connectivity index (χ0n) is 17.4. The summed E-state index contributed by atoms with van der Waals surface area (Å²) in [4.78, 5) is 16.3. The summed E-state index contributed by atoms with van der Waals surface area (Å²) in [5, 5.41) is -0.0627. The van der Waals surface area contributed by atoms with Gasteiger partial charge in [0.25, 0.3) is 15.9 Å². The van der Waals surface area contributed by atoms with Gasteiger partial charge in [-0.05, 0) is 79.7 Å². The predicted octanol–water partition coefficient (Wildman–Crippen LogP) is 5.36. The van der Waals surface area contributed by atoms with E-state index in [4.69, 9.17) is 16.3 Å². The minimum atomic E-state index is -4.32.